The number of hydrogen-bond acceptors (Lipinski definition) is 6. The van der Waals surface area contributed by atoms with Gasteiger partial charge in [-0.2, -0.15) is 0 Å². The molecule has 0 saturated carbocycles. The summed E-state index contributed by atoms with van der Waals surface area (Å²) in [6.07, 6.45) is 7.08. The van der Waals surface area contributed by atoms with Crippen molar-refractivity contribution in [3.8, 4) is 11.4 Å². The molecule has 7 heteroatoms. The fourth-order valence-electron chi connectivity index (χ4n) is 2.55. The Morgan fingerprint density at radius 2 is 2.18 bits per heavy atom. The molecular formula is C15H22N4O3. The molecule has 0 spiro atoms. The summed E-state index contributed by atoms with van der Waals surface area (Å²) in [5.74, 6) is 1.09. The van der Waals surface area contributed by atoms with Gasteiger partial charge in [0.15, 0.2) is 0 Å². The molecule has 2 aromatic heterocycles. The molecule has 0 bridgehead atoms. The molecule has 0 fully saturated rings. The minimum atomic E-state index is -0.477. The third-order valence-electron chi connectivity index (χ3n) is 3.51. The van der Waals surface area contributed by atoms with Gasteiger partial charge in [-0.15, -0.1) is 5.10 Å². The molecule has 0 amide bonds. The summed E-state index contributed by atoms with van der Waals surface area (Å²) in [5.41, 5.74) is 0.779. The van der Waals surface area contributed by atoms with E-state index in [9.17, 15) is 4.79 Å². The standard InChI is InChI=1S/C15H22N4O3/c1-4-6-8-12(7-5-2)14-13(9-10-21-14)15-16-17-18-19(15)22-11(3)20/h9-10,12H,4-8H2,1-3H3. The van der Waals surface area contributed by atoms with E-state index in [-0.39, 0.29) is 0 Å². The Morgan fingerprint density at radius 1 is 1.36 bits per heavy atom. The van der Waals surface area contributed by atoms with Crippen LogP contribution in [0.5, 0.6) is 0 Å². The van der Waals surface area contributed by atoms with E-state index in [4.69, 9.17) is 9.25 Å². The number of carbonyl (C=O) groups excluding carboxylic acids is 1. The molecule has 0 aliphatic carbocycles. The third kappa shape index (κ3) is 3.72. The predicted octanol–water partition coefficient (Wildman–Crippen LogP) is 2.98. The Morgan fingerprint density at radius 3 is 2.86 bits per heavy atom. The van der Waals surface area contributed by atoms with Crippen LogP contribution < -0.4 is 4.84 Å². The first-order chi connectivity index (χ1) is 10.7. The van der Waals surface area contributed by atoms with Crippen molar-refractivity contribution in [3.63, 3.8) is 0 Å². The molecule has 0 radical (unpaired) electrons. The first-order valence-corrected chi connectivity index (χ1v) is 7.72. The average Bonchev–Trinajstić information content (AvgIpc) is 3.11. The number of nitrogens with zero attached hydrogens (tertiary/aromatic N) is 4. The number of hydrogen-bond donors (Lipinski definition) is 0. The van der Waals surface area contributed by atoms with Gasteiger partial charge in [-0.05, 0) is 34.2 Å². The van der Waals surface area contributed by atoms with Gasteiger partial charge < -0.3 is 9.25 Å². The van der Waals surface area contributed by atoms with Gasteiger partial charge in [0.1, 0.15) is 5.76 Å². The molecule has 0 saturated heterocycles. The Labute approximate surface area is 129 Å². The summed E-state index contributed by atoms with van der Waals surface area (Å²) in [6, 6.07) is 1.82. The maximum atomic E-state index is 11.1. The van der Waals surface area contributed by atoms with Crippen LogP contribution in [-0.4, -0.2) is 26.3 Å². The first kappa shape index (κ1) is 16.2. The van der Waals surface area contributed by atoms with Gasteiger partial charge in [0.25, 0.3) is 0 Å². The summed E-state index contributed by atoms with van der Waals surface area (Å²) in [4.78, 5) is 17.2. The van der Waals surface area contributed by atoms with E-state index < -0.39 is 5.97 Å². The summed E-state index contributed by atoms with van der Waals surface area (Å²) in [6.45, 7) is 5.64. The largest absolute Gasteiger partial charge is 0.468 e. The van der Waals surface area contributed by atoms with Gasteiger partial charge in [-0.1, -0.05) is 33.1 Å². The highest BCUT2D eigenvalue weighted by molar-refractivity contribution is 5.67. The van der Waals surface area contributed by atoms with Crippen LogP contribution in [0.15, 0.2) is 16.7 Å². The molecule has 22 heavy (non-hydrogen) atoms. The zero-order valence-electron chi connectivity index (χ0n) is 13.3. The number of tetrazole rings is 1. The lowest BCUT2D eigenvalue weighted by Crippen LogP contribution is -2.19. The van der Waals surface area contributed by atoms with Crippen LogP contribution in [0.25, 0.3) is 11.4 Å². The lowest BCUT2D eigenvalue weighted by molar-refractivity contribution is -0.143. The van der Waals surface area contributed by atoms with E-state index in [1.165, 1.54) is 6.92 Å². The highest BCUT2D eigenvalue weighted by Gasteiger charge is 2.23. The minimum absolute atomic E-state index is 0.317. The summed E-state index contributed by atoms with van der Waals surface area (Å²) in [7, 11) is 0. The molecular weight excluding hydrogens is 284 g/mol. The molecule has 1 unspecified atom stereocenters. The number of unbranched alkanes of at least 4 members (excludes halogenated alkanes) is 1. The summed E-state index contributed by atoms with van der Waals surface area (Å²) < 4.78 is 5.71. The van der Waals surface area contributed by atoms with Crippen molar-refractivity contribution in [2.24, 2.45) is 0 Å². The third-order valence-corrected chi connectivity index (χ3v) is 3.51. The van der Waals surface area contributed by atoms with Crippen LogP contribution in [0.3, 0.4) is 0 Å². The van der Waals surface area contributed by atoms with Gasteiger partial charge in [0, 0.05) is 12.8 Å². The lowest BCUT2D eigenvalue weighted by atomic mass is 9.92. The van der Waals surface area contributed by atoms with Crippen LogP contribution in [0.2, 0.25) is 0 Å². The lowest BCUT2D eigenvalue weighted by Gasteiger charge is -2.14. The van der Waals surface area contributed by atoms with Gasteiger partial charge in [0.2, 0.25) is 5.82 Å². The second-order valence-electron chi connectivity index (χ2n) is 5.28. The van der Waals surface area contributed by atoms with Crippen molar-refractivity contribution in [2.75, 3.05) is 0 Å². The van der Waals surface area contributed by atoms with Crippen molar-refractivity contribution >= 4 is 5.97 Å². The van der Waals surface area contributed by atoms with Crippen LogP contribution >= 0.6 is 0 Å². The fraction of sp³-hybridized carbons (Fsp3) is 0.600. The quantitative estimate of drug-likeness (QED) is 0.697. The smallest absolute Gasteiger partial charge is 0.332 e. The maximum absolute atomic E-state index is 11.1. The second kappa shape index (κ2) is 7.72. The SMILES string of the molecule is CCCCC(CCC)c1occc1-c1nnnn1OC(C)=O. The highest BCUT2D eigenvalue weighted by atomic mass is 16.7. The van der Waals surface area contributed by atoms with Crippen molar-refractivity contribution in [3.05, 3.63) is 18.1 Å². The molecule has 0 aliphatic rings. The molecule has 0 aromatic carbocycles. The van der Waals surface area contributed by atoms with Crippen LogP contribution in [0.4, 0.5) is 0 Å². The molecule has 120 valence electrons. The molecule has 1 atom stereocenters. The van der Waals surface area contributed by atoms with E-state index in [1.807, 2.05) is 6.07 Å². The second-order valence-corrected chi connectivity index (χ2v) is 5.28. The van der Waals surface area contributed by atoms with Crippen molar-refractivity contribution in [1.29, 1.82) is 0 Å². The van der Waals surface area contributed by atoms with Gasteiger partial charge in [0.05, 0.1) is 11.8 Å². The fourth-order valence-corrected chi connectivity index (χ4v) is 2.55. The van der Waals surface area contributed by atoms with Crippen molar-refractivity contribution < 1.29 is 14.0 Å². The number of carbonyl (C=O) groups is 1. The monoisotopic (exact) mass is 306 g/mol. The molecule has 0 aliphatic heterocycles. The zero-order valence-corrected chi connectivity index (χ0v) is 13.3. The van der Waals surface area contributed by atoms with Crippen molar-refractivity contribution in [2.45, 2.75) is 58.8 Å². The van der Waals surface area contributed by atoms with Crippen LogP contribution in [0, 0.1) is 0 Å². The number of furan rings is 1. The van der Waals surface area contributed by atoms with Crippen molar-refractivity contribution in [1.82, 2.24) is 20.4 Å². The molecule has 2 rings (SSSR count). The van der Waals surface area contributed by atoms with E-state index >= 15 is 0 Å². The van der Waals surface area contributed by atoms with E-state index in [0.717, 1.165) is 48.3 Å². The van der Waals surface area contributed by atoms with E-state index in [2.05, 4.69) is 29.4 Å². The average molecular weight is 306 g/mol. The van der Waals surface area contributed by atoms with Gasteiger partial charge in [-0.3, -0.25) is 0 Å². The van der Waals surface area contributed by atoms with E-state index in [0.29, 0.717) is 11.7 Å². The van der Waals surface area contributed by atoms with E-state index in [1.54, 1.807) is 6.26 Å². The highest BCUT2D eigenvalue weighted by Crippen LogP contribution is 2.34. The molecule has 2 heterocycles. The Bertz CT molecular complexity index is 605. The molecule has 2 aromatic rings. The maximum Gasteiger partial charge on any atom is 0.332 e. The predicted molar refractivity (Wildman–Crippen MR) is 80.0 cm³/mol. The van der Waals surface area contributed by atoms with Gasteiger partial charge in [-0.25, -0.2) is 4.79 Å². The minimum Gasteiger partial charge on any atom is -0.468 e. The molecule has 0 N–H and O–H groups in total. The topological polar surface area (TPSA) is 83.0 Å². The van der Waals surface area contributed by atoms with Crippen LogP contribution in [-0.2, 0) is 4.79 Å². The Balaban J connectivity index is 2.31. The Hall–Kier alpha value is -2.18. The number of rotatable bonds is 8. The zero-order chi connectivity index (χ0) is 15.9. The summed E-state index contributed by atoms with van der Waals surface area (Å²) in [5, 5.41) is 11.2. The normalized spacial score (nSPS) is 12.3. The first-order valence-electron chi connectivity index (χ1n) is 7.72. The van der Waals surface area contributed by atoms with Gasteiger partial charge >= 0.3 is 5.97 Å². The number of aromatic nitrogens is 4. The Kier molecular flexibility index (Phi) is 5.68. The van der Waals surface area contributed by atoms with Crippen LogP contribution in [0.1, 0.15) is 64.6 Å². The summed E-state index contributed by atoms with van der Waals surface area (Å²) >= 11 is 0. The molecule has 7 nitrogen and oxygen atoms in total.